The van der Waals surface area contributed by atoms with Crippen LogP contribution < -0.4 is 10.9 Å². The van der Waals surface area contributed by atoms with E-state index in [9.17, 15) is 9.59 Å². The molecule has 0 aliphatic carbocycles. The van der Waals surface area contributed by atoms with Gasteiger partial charge in [-0.3, -0.25) is 18.6 Å². The largest absolute Gasteiger partial charge is 0.383 e. The molecule has 0 spiro atoms. The van der Waals surface area contributed by atoms with Crippen molar-refractivity contribution in [3.63, 3.8) is 0 Å². The standard InChI is InChI=1S/C20H21ClN4O3/c1-4-8-25-17(14-6-5-7-15(21)9-14)11-24-10-16(23-18(24)20(25)27)19(26)22-13(2)12-28-3/h4-7,9-11,13H,1,8,12H2,2-3H3,(H,22,26)/t13-/m0/s1. The molecule has 1 amide bonds. The number of methoxy groups -OCH3 is 1. The molecule has 2 heterocycles. The number of fused-ring (bicyclic) bond motifs is 1. The molecular formula is C20H21ClN4O3. The van der Waals surface area contributed by atoms with Crippen molar-refractivity contribution in [3.8, 4) is 11.3 Å². The fourth-order valence-corrected chi connectivity index (χ4v) is 3.16. The molecule has 0 saturated heterocycles. The maximum atomic E-state index is 13.0. The van der Waals surface area contributed by atoms with Gasteiger partial charge < -0.3 is 10.1 Å². The highest BCUT2D eigenvalue weighted by molar-refractivity contribution is 6.30. The minimum atomic E-state index is -0.368. The second kappa shape index (κ2) is 8.41. The molecule has 28 heavy (non-hydrogen) atoms. The van der Waals surface area contributed by atoms with E-state index in [1.165, 1.54) is 6.20 Å². The number of hydrogen-bond acceptors (Lipinski definition) is 4. The number of aromatic nitrogens is 3. The lowest BCUT2D eigenvalue weighted by atomic mass is 10.1. The van der Waals surface area contributed by atoms with E-state index < -0.39 is 0 Å². The molecule has 3 aromatic rings. The average molecular weight is 401 g/mol. The Bertz CT molecular complexity index is 1090. The minimum Gasteiger partial charge on any atom is -0.383 e. The molecule has 0 radical (unpaired) electrons. The number of nitrogens with zero attached hydrogens (tertiary/aromatic N) is 3. The molecule has 3 rings (SSSR count). The molecule has 7 nitrogen and oxygen atoms in total. The normalized spacial score (nSPS) is 12.1. The number of halogens is 1. The Labute approximate surface area is 167 Å². The van der Waals surface area contributed by atoms with Crippen molar-refractivity contribution in [3.05, 3.63) is 70.4 Å². The van der Waals surface area contributed by atoms with Crippen molar-refractivity contribution in [2.45, 2.75) is 19.5 Å². The summed E-state index contributed by atoms with van der Waals surface area (Å²) in [5, 5.41) is 3.35. The van der Waals surface area contributed by atoms with Crippen molar-refractivity contribution in [1.82, 2.24) is 19.3 Å². The third kappa shape index (κ3) is 4.00. The highest BCUT2D eigenvalue weighted by Crippen LogP contribution is 2.22. The van der Waals surface area contributed by atoms with E-state index in [-0.39, 0.29) is 28.8 Å². The first kappa shape index (κ1) is 19.9. The smallest absolute Gasteiger partial charge is 0.295 e. The third-order valence-corrected chi connectivity index (χ3v) is 4.41. The van der Waals surface area contributed by atoms with Gasteiger partial charge >= 0.3 is 0 Å². The molecule has 0 bridgehead atoms. The van der Waals surface area contributed by atoms with E-state index in [1.54, 1.807) is 40.5 Å². The van der Waals surface area contributed by atoms with Gasteiger partial charge in [0.2, 0.25) is 5.65 Å². The Morgan fingerprint density at radius 1 is 1.43 bits per heavy atom. The second-order valence-corrected chi connectivity index (χ2v) is 6.85. The lowest BCUT2D eigenvalue weighted by Crippen LogP contribution is -2.35. The van der Waals surface area contributed by atoms with Crippen LogP contribution in [0.4, 0.5) is 0 Å². The molecule has 146 valence electrons. The number of rotatable bonds is 7. The molecule has 2 aromatic heterocycles. The number of carbonyl (C=O) groups is 1. The van der Waals surface area contributed by atoms with Gasteiger partial charge in [0.05, 0.1) is 12.3 Å². The quantitative estimate of drug-likeness (QED) is 0.618. The van der Waals surface area contributed by atoms with E-state index in [0.29, 0.717) is 23.9 Å². The number of amides is 1. The fraction of sp³-hybridized carbons (Fsp3) is 0.250. The van der Waals surface area contributed by atoms with E-state index in [4.69, 9.17) is 16.3 Å². The predicted molar refractivity (Wildman–Crippen MR) is 109 cm³/mol. The van der Waals surface area contributed by atoms with Gasteiger partial charge in [0.15, 0.2) is 0 Å². The van der Waals surface area contributed by atoms with Gasteiger partial charge in [-0.2, -0.15) is 0 Å². The molecule has 0 saturated carbocycles. The van der Waals surface area contributed by atoms with Crippen LogP contribution in [0.25, 0.3) is 16.9 Å². The summed E-state index contributed by atoms with van der Waals surface area (Å²) < 4.78 is 8.14. The Balaban J connectivity index is 2.10. The van der Waals surface area contributed by atoms with Gasteiger partial charge in [0.25, 0.3) is 11.5 Å². The zero-order valence-corrected chi connectivity index (χ0v) is 16.4. The number of carbonyl (C=O) groups excluding carboxylic acids is 1. The molecule has 1 aromatic carbocycles. The molecule has 0 aliphatic heterocycles. The van der Waals surface area contributed by atoms with Gasteiger partial charge in [-0.15, -0.1) is 6.58 Å². The number of benzene rings is 1. The topological polar surface area (TPSA) is 77.6 Å². The number of imidazole rings is 1. The number of allylic oxidation sites excluding steroid dienone is 1. The van der Waals surface area contributed by atoms with Gasteiger partial charge in [0, 0.05) is 42.7 Å². The van der Waals surface area contributed by atoms with Crippen molar-refractivity contribution in [2.75, 3.05) is 13.7 Å². The predicted octanol–water partition coefficient (Wildman–Crippen LogP) is 2.77. The first-order valence-corrected chi connectivity index (χ1v) is 9.11. The van der Waals surface area contributed by atoms with Crippen LogP contribution >= 0.6 is 11.6 Å². The SMILES string of the molecule is C=CCn1c(-c2cccc(Cl)c2)cn2cc(C(=O)N[C@@H](C)COC)nc2c1=O. The summed E-state index contributed by atoms with van der Waals surface area (Å²) in [4.78, 5) is 29.7. The van der Waals surface area contributed by atoms with Gasteiger partial charge in [-0.1, -0.05) is 29.8 Å². The summed E-state index contributed by atoms with van der Waals surface area (Å²) in [5.41, 5.74) is 1.44. The van der Waals surface area contributed by atoms with Gasteiger partial charge in [0.1, 0.15) is 5.69 Å². The third-order valence-electron chi connectivity index (χ3n) is 4.18. The molecule has 0 unspecified atom stereocenters. The summed E-state index contributed by atoms with van der Waals surface area (Å²) >= 11 is 6.11. The summed E-state index contributed by atoms with van der Waals surface area (Å²) in [6.45, 7) is 6.23. The lowest BCUT2D eigenvalue weighted by molar-refractivity contribution is 0.0901. The monoisotopic (exact) mass is 400 g/mol. The molecule has 1 N–H and O–H groups in total. The van der Waals surface area contributed by atoms with Crippen LogP contribution in [0.5, 0.6) is 0 Å². The molecular weight excluding hydrogens is 380 g/mol. The molecule has 8 heteroatoms. The fourth-order valence-electron chi connectivity index (χ4n) is 2.97. The van der Waals surface area contributed by atoms with Crippen LogP contribution in [0.3, 0.4) is 0 Å². The molecule has 0 fully saturated rings. The van der Waals surface area contributed by atoms with Crippen LogP contribution in [0.2, 0.25) is 5.02 Å². The summed E-state index contributed by atoms with van der Waals surface area (Å²) in [7, 11) is 1.56. The Morgan fingerprint density at radius 3 is 2.89 bits per heavy atom. The Hall–Kier alpha value is -2.90. The Morgan fingerprint density at radius 2 is 2.21 bits per heavy atom. The summed E-state index contributed by atoms with van der Waals surface area (Å²) in [6.07, 6.45) is 4.93. The van der Waals surface area contributed by atoms with Crippen LogP contribution in [0.15, 0.2) is 54.1 Å². The minimum absolute atomic E-state index is 0.161. The van der Waals surface area contributed by atoms with E-state index in [2.05, 4.69) is 16.9 Å². The molecule has 0 aliphatic rings. The van der Waals surface area contributed by atoms with Crippen LogP contribution in [0, 0.1) is 0 Å². The summed E-state index contributed by atoms with van der Waals surface area (Å²) in [6, 6.07) is 7.04. The van der Waals surface area contributed by atoms with Crippen molar-refractivity contribution in [1.29, 1.82) is 0 Å². The van der Waals surface area contributed by atoms with Crippen molar-refractivity contribution >= 4 is 23.2 Å². The number of hydrogen-bond donors (Lipinski definition) is 1. The zero-order chi connectivity index (χ0) is 20.3. The molecule has 1 atom stereocenters. The number of ether oxygens (including phenoxy) is 1. The average Bonchev–Trinajstić information content (AvgIpc) is 3.09. The van der Waals surface area contributed by atoms with Gasteiger partial charge in [-0.25, -0.2) is 4.98 Å². The number of nitrogens with one attached hydrogen (secondary N) is 1. The van der Waals surface area contributed by atoms with E-state index in [0.717, 1.165) is 5.56 Å². The zero-order valence-electron chi connectivity index (χ0n) is 15.7. The lowest BCUT2D eigenvalue weighted by Gasteiger charge is -2.12. The first-order chi connectivity index (χ1) is 13.4. The van der Waals surface area contributed by atoms with Crippen molar-refractivity contribution in [2.24, 2.45) is 0 Å². The maximum Gasteiger partial charge on any atom is 0.295 e. The van der Waals surface area contributed by atoms with Crippen LogP contribution in [-0.2, 0) is 11.3 Å². The first-order valence-electron chi connectivity index (χ1n) is 8.73. The highest BCUT2D eigenvalue weighted by atomic mass is 35.5. The van der Waals surface area contributed by atoms with Crippen molar-refractivity contribution < 1.29 is 9.53 Å². The van der Waals surface area contributed by atoms with Crippen LogP contribution in [0.1, 0.15) is 17.4 Å². The van der Waals surface area contributed by atoms with Gasteiger partial charge in [-0.05, 0) is 19.1 Å². The maximum absolute atomic E-state index is 13.0. The summed E-state index contributed by atoms with van der Waals surface area (Å²) in [5.74, 6) is -0.368. The highest BCUT2D eigenvalue weighted by Gasteiger charge is 2.18. The van der Waals surface area contributed by atoms with E-state index in [1.807, 2.05) is 19.1 Å². The van der Waals surface area contributed by atoms with Crippen LogP contribution in [-0.4, -0.2) is 39.6 Å². The second-order valence-electron chi connectivity index (χ2n) is 6.42. The van der Waals surface area contributed by atoms with E-state index >= 15 is 0 Å². The Kier molecular flexibility index (Phi) is 5.96.